The highest BCUT2D eigenvalue weighted by atomic mass is 15.2. The summed E-state index contributed by atoms with van der Waals surface area (Å²) in [4.78, 5) is 2.56. The van der Waals surface area contributed by atoms with Gasteiger partial charge in [-0.2, -0.15) is 0 Å². The van der Waals surface area contributed by atoms with Gasteiger partial charge in [-0.3, -0.25) is 4.90 Å². The molecule has 0 aromatic heterocycles. The summed E-state index contributed by atoms with van der Waals surface area (Å²) >= 11 is 0. The van der Waals surface area contributed by atoms with Gasteiger partial charge in [-0.15, -0.1) is 0 Å². The Bertz CT molecular complexity index is 115. The van der Waals surface area contributed by atoms with Crippen molar-refractivity contribution in [3.63, 3.8) is 0 Å². The van der Waals surface area contributed by atoms with Crippen LogP contribution in [-0.2, 0) is 0 Å². The van der Waals surface area contributed by atoms with E-state index in [9.17, 15) is 0 Å². The van der Waals surface area contributed by atoms with Crippen molar-refractivity contribution in [1.29, 1.82) is 0 Å². The summed E-state index contributed by atoms with van der Waals surface area (Å²) in [7, 11) is 0. The molecule has 0 radical (unpaired) electrons. The van der Waals surface area contributed by atoms with Crippen molar-refractivity contribution in [2.24, 2.45) is 5.73 Å². The minimum atomic E-state index is 0.339. The van der Waals surface area contributed by atoms with Crippen LogP contribution in [0.2, 0.25) is 0 Å². The SMILES string of the molecule is CC(C)(CCN)N1CCCC1. The Labute approximate surface area is 69.8 Å². The van der Waals surface area contributed by atoms with Crippen molar-refractivity contribution < 1.29 is 0 Å². The minimum absolute atomic E-state index is 0.339. The number of hydrogen-bond donors (Lipinski definition) is 1. The lowest BCUT2D eigenvalue weighted by atomic mass is 9.99. The van der Waals surface area contributed by atoms with Gasteiger partial charge in [-0.05, 0) is 52.7 Å². The summed E-state index contributed by atoms with van der Waals surface area (Å²) in [6.07, 6.45) is 3.86. The van der Waals surface area contributed by atoms with Gasteiger partial charge in [0.2, 0.25) is 0 Å². The zero-order valence-electron chi connectivity index (χ0n) is 7.77. The van der Waals surface area contributed by atoms with E-state index in [-0.39, 0.29) is 0 Å². The fraction of sp³-hybridized carbons (Fsp3) is 1.00. The van der Waals surface area contributed by atoms with Gasteiger partial charge in [-0.1, -0.05) is 0 Å². The molecule has 1 rings (SSSR count). The summed E-state index contributed by atoms with van der Waals surface area (Å²) in [5.74, 6) is 0. The van der Waals surface area contributed by atoms with Crippen LogP contribution in [0.1, 0.15) is 33.1 Å². The molecule has 0 saturated carbocycles. The second-order valence-electron chi connectivity index (χ2n) is 4.05. The first-order valence-corrected chi connectivity index (χ1v) is 4.62. The second-order valence-corrected chi connectivity index (χ2v) is 4.05. The maximum atomic E-state index is 5.56. The normalized spacial score (nSPS) is 21.0. The van der Waals surface area contributed by atoms with Crippen LogP contribution >= 0.6 is 0 Å². The molecule has 1 saturated heterocycles. The average Bonchev–Trinajstić information content (AvgIpc) is 2.37. The summed E-state index contributed by atoms with van der Waals surface area (Å²) in [5.41, 5.74) is 5.89. The van der Waals surface area contributed by atoms with Gasteiger partial charge in [0, 0.05) is 5.54 Å². The monoisotopic (exact) mass is 156 g/mol. The molecular weight excluding hydrogens is 136 g/mol. The molecule has 0 amide bonds. The van der Waals surface area contributed by atoms with E-state index in [1.54, 1.807) is 0 Å². The molecule has 0 spiro atoms. The quantitative estimate of drug-likeness (QED) is 0.665. The second kappa shape index (κ2) is 3.55. The third-order valence-corrected chi connectivity index (χ3v) is 2.72. The first kappa shape index (κ1) is 9.01. The molecule has 1 aliphatic rings. The van der Waals surface area contributed by atoms with Crippen LogP contribution in [0.15, 0.2) is 0 Å². The molecule has 0 aliphatic carbocycles. The molecule has 66 valence electrons. The Morgan fingerprint density at radius 3 is 2.27 bits per heavy atom. The van der Waals surface area contributed by atoms with Gasteiger partial charge in [0.25, 0.3) is 0 Å². The highest BCUT2D eigenvalue weighted by Gasteiger charge is 2.27. The van der Waals surface area contributed by atoms with E-state index in [1.165, 1.54) is 25.9 Å². The summed E-state index contributed by atoms with van der Waals surface area (Å²) < 4.78 is 0. The lowest BCUT2D eigenvalue weighted by Crippen LogP contribution is -2.43. The predicted octanol–water partition coefficient (Wildman–Crippen LogP) is 1.21. The fourth-order valence-electron chi connectivity index (χ4n) is 1.83. The molecule has 11 heavy (non-hydrogen) atoms. The lowest BCUT2D eigenvalue weighted by Gasteiger charge is -2.35. The molecule has 2 nitrogen and oxygen atoms in total. The van der Waals surface area contributed by atoms with Crippen LogP contribution in [0, 0.1) is 0 Å². The molecular formula is C9H20N2. The van der Waals surface area contributed by atoms with Crippen LogP contribution in [0.4, 0.5) is 0 Å². The number of nitrogens with two attached hydrogens (primary N) is 1. The number of nitrogens with zero attached hydrogens (tertiary/aromatic N) is 1. The van der Waals surface area contributed by atoms with E-state index < -0.39 is 0 Å². The Morgan fingerprint density at radius 1 is 1.27 bits per heavy atom. The van der Waals surface area contributed by atoms with Crippen molar-refractivity contribution in [3.05, 3.63) is 0 Å². The maximum Gasteiger partial charge on any atom is 0.0165 e. The molecule has 2 heteroatoms. The van der Waals surface area contributed by atoms with Crippen LogP contribution in [0.3, 0.4) is 0 Å². The first-order chi connectivity index (χ1) is 5.17. The van der Waals surface area contributed by atoms with Crippen LogP contribution in [-0.4, -0.2) is 30.1 Å². The first-order valence-electron chi connectivity index (χ1n) is 4.62. The highest BCUT2D eigenvalue weighted by molar-refractivity contribution is 4.84. The van der Waals surface area contributed by atoms with E-state index in [0.717, 1.165) is 13.0 Å². The van der Waals surface area contributed by atoms with Crippen molar-refractivity contribution in [3.8, 4) is 0 Å². The van der Waals surface area contributed by atoms with E-state index in [1.807, 2.05) is 0 Å². The average molecular weight is 156 g/mol. The molecule has 0 bridgehead atoms. The molecule has 1 fully saturated rings. The Morgan fingerprint density at radius 2 is 1.82 bits per heavy atom. The number of hydrogen-bond acceptors (Lipinski definition) is 2. The molecule has 0 atom stereocenters. The van der Waals surface area contributed by atoms with Crippen LogP contribution in [0.25, 0.3) is 0 Å². The minimum Gasteiger partial charge on any atom is -0.330 e. The molecule has 1 aliphatic heterocycles. The van der Waals surface area contributed by atoms with Gasteiger partial charge in [-0.25, -0.2) is 0 Å². The van der Waals surface area contributed by atoms with Gasteiger partial charge in [0.1, 0.15) is 0 Å². The smallest absolute Gasteiger partial charge is 0.0165 e. The molecule has 0 unspecified atom stereocenters. The third kappa shape index (κ3) is 2.17. The third-order valence-electron chi connectivity index (χ3n) is 2.72. The van der Waals surface area contributed by atoms with E-state index >= 15 is 0 Å². The standard InChI is InChI=1S/C9H20N2/c1-9(2,5-6-10)11-7-3-4-8-11/h3-8,10H2,1-2H3. The topological polar surface area (TPSA) is 29.3 Å². The van der Waals surface area contributed by atoms with Gasteiger partial charge >= 0.3 is 0 Å². The zero-order valence-corrected chi connectivity index (χ0v) is 7.77. The maximum absolute atomic E-state index is 5.56. The zero-order chi connectivity index (χ0) is 8.32. The molecule has 2 N–H and O–H groups in total. The molecule has 0 aromatic rings. The Kier molecular flexibility index (Phi) is 2.90. The van der Waals surface area contributed by atoms with Crippen molar-refractivity contribution in [2.45, 2.75) is 38.6 Å². The molecule has 1 heterocycles. The van der Waals surface area contributed by atoms with E-state index in [0.29, 0.717) is 5.54 Å². The van der Waals surface area contributed by atoms with Crippen molar-refractivity contribution >= 4 is 0 Å². The highest BCUT2D eigenvalue weighted by Crippen LogP contribution is 2.22. The lowest BCUT2D eigenvalue weighted by molar-refractivity contribution is 0.147. The summed E-state index contributed by atoms with van der Waals surface area (Å²) in [6.45, 7) is 7.94. The molecule has 0 aromatic carbocycles. The Hall–Kier alpha value is -0.0800. The summed E-state index contributed by atoms with van der Waals surface area (Å²) in [6, 6.07) is 0. The van der Waals surface area contributed by atoms with Crippen LogP contribution in [0.5, 0.6) is 0 Å². The largest absolute Gasteiger partial charge is 0.330 e. The number of rotatable bonds is 3. The number of likely N-dealkylation sites (tertiary alicyclic amines) is 1. The Balaban J connectivity index is 2.41. The van der Waals surface area contributed by atoms with Crippen molar-refractivity contribution in [1.82, 2.24) is 4.90 Å². The van der Waals surface area contributed by atoms with Gasteiger partial charge in [0.05, 0.1) is 0 Å². The van der Waals surface area contributed by atoms with Gasteiger partial charge in [0.15, 0.2) is 0 Å². The van der Waals surface area contributed by atoms with E-state index in [2.05, 4.69) is 18.7 Å². The fourth-order valence-corrected chi connectivity index (χ4v) is 1.83. The van der Waals surface area contributed by atoms with E-state index in [4.69, 9.17) is 5.73 Å². The van der Waals surface area contributed by atoms with Crippen molar-refractivity contribution in [2.75, 3.05) is 19.6 Å². The summed E-state index contributed by atoms with van der Waals surface area (Å²) in [5, 5.41) is 0. The van der Waals surface area contributed by atoms with Gasteiger partial charge < -0.3 is 5.73 Å². The van der Waals surface area contributed by atoms with Crippen LogP contribution < -0.4 is 5.73 Å². The predicted molar refractivity (Wildman–Crippen MR) is 48.6 cm³/mol.